The Hall–Kier alpha value is -1.36. The monoisotopic (exact) mass is 291 g/mol. The molecule has 1 N–H and O–H groups in total. The lowest BCUT2D eigenvalue weighted by atomic mass is 10.00. The van der Waals surface area contributed by atoms with E-state index in [1.54, 1.807) is 0 Å². The first-order valence-electron chi connectivity index (χ1n) is 8.04. The Morgan fingerprint density at radius 1 is 1.29 bits per heavy atom. The second-order valence-corrected chi connectivity index (χ2v) is 6.45. The number of aromatic nitrogens is 2. The fourth-order valence-electron chi connectivity index (χ4n) is 2.61. The van der Waals surface area contributed by atoms with Crippen LogP contribution in [0.4, 0.5) is 11.8 Å². The van der Waals surface area contributed by atoms with Crippen LogP contribution >= 0.6 is 0 Å². The molecule has 118 valence electrons. The van der Waals surface area contributed by atoms with Crippen LogP contribution in [0.3, 0.4) is 0 Å². The Morgan fingerprint density at radius 2 is 2.00 bits per heavy atom. The molecule has 1 saturated heterocycles. The number of nitrogens with zero attached hydrogens (tertiary/aromatic N) is 4. The molecule has 1 aliphatic heterocycles. The molecule has 0 atom stereocenters. The summed E-state index contributed by atoms with van der Waals surface area (Å²) in [6.07, 6.45) is 3.60. The third kappa shape index (κ3) is 5.16. The number of rotatable bonds is 6. The molecule has 1 fully saturated rings. The zero-order chi connectivity index (χ0) is 15.2. The Bertz CT molecular complexity index is 438. The summed E-state index contributed by atoms with van der Waals surface area (Å²) < 4.78 is 0. The molecule has 0 spiro atoms. The predicted octanol–water partition coefficient (Wildman–Crippen LogP) is 2.38. The number of hydrogen-bond acceptors (Lipinski definition) is 5. The zero-order valence-electron chi connectivity index (χ0n) is 13.9. The van der Waals surface area contributed by atoms with E-state index >= 15 is 0 Å². The Balaban J connectivity index is 1.93. The first kappa shape index (κ1) is 16.0. The quantitative estimate of drug-likeness (QED) is 0.815. The van der Waals surface area contributed by atoms with Crippen molar-refractivity contribution in [1.29, 1.82) is 0 Å². The van der Waals surface area contributed by atoms with Crippen molar-refractivity contribution in [2.75, 3.05) is 50.5 Å². The lowest BCUT2D eigenvalue weighted by molar-refractivity contribution is 0.405. The van der Waals surface area contributed by atoms with Crippen molar-refractivity contribution in [1.82, 2.24) is 14.9 Å². The van der Waals surface area contributed by atoms with Crippen LogP contribution in [0.1, 0.15) is 31.9 Å². The van der Waals surface area contributed by atoms with E-state index < -0.39 is 0 Å². The summed E-state index contributed by atoms with van der Waals surface area (Å²) in [7, 11) is 4.20. The van der Waals surface area contributed by atoms with Crippen molar-refractivity contribution in [3.8, 4) is 0 Å². The summed E-state index contributed by atoms with van der Waals surface area (Å²) in [5.74, 6) is 2.67. The highest BCUT2D eigenvalue weighted by Crippen LogP contribution is 2.21. The van der Waals surface area contributed by atoms with E-state index in [9.17, 15) is 0 Å². The maximum atomic E-state index is 4.69. The van der Waals surface area contributed by atoms with Gasteiger partial charge in [0.1, 0.15) is 5.82 Å². The van der Waals surface area contributed by atoms with Crippen molar-refractivity contribution >= 4 is 11.8 Å². The molecule has 1 aromatic heterocycles. The van der Waals surface area contributed by atoms with Gasteiger partial charge in [-0.15, -0.1) is 0 Å². The van der Waals surface area contributed by atoms with Gasteiger partial charge in [0.15, 0.2) is 0 Å². The van der Waals surface area contributed by atoms with Crippen LogP contribution in [0.5, 0.6) is 0 Å². The fraction of sp³-hybridized carbons (Fsp3) is 0.750. The molecule has 2 rings (SSSR count). The highest BCUT2D eigenvalue weighted by molar-refractivity contribution is 5.43. The molecule has 0 amide bonds. The van der Waals surface area contributed by atoms with Gasteiger partial charge in [0, 0.05) is 31.4 Å². The molecule has 5 heteroatoms. The van der Waals surface area contributed by atoms with Gasteiger partial charge in [-0.1, -0.05) is 6.92 Å². The van der Waals surface area contributed by atoms with Crippen LogP contribution in [-0.2, 0) is 0 Å². The van der Waals surface area contributed by atoms with Crippen molar-refractivity contribution in [3.05, 3.63) is 11.8 Å². The molecule has 0 bridgehead atoms. The maximum Gasteiger partial charge on any atom is 0.227 e. The van der Waals surface area contributed by atoms with E-state index in [1.807, 2.05) is 13.0 Å². The summed E-state index contributed by atoms with van der Waals surface area (Å²) in [6, 6.07) is 2.03. The Labute approximate surface area is 128 Å². The van der Waals surface area contributed by atoms with Crippen molar-refractivity contribution in [2.45, 2.75) is 33.1 Å². The van der Waals surface area contributed by atoms with E-state index in [2.05, 4.69) is 46.1 Å². The van der Waals surface area contributed by atoms with E-state index in [4.69, 9.17) is 0 Å². The standard InChI is InChI=1S/C16H29N5/c1-13-6-10-21(11-7-13)16-18-14(2)12-15(19-16)17-8-5-9-20(3)4/h12-13H,5-11H2,1-4H3,(H,17,18,19). The van der Waals surface area contributed by atoms with Gasteiger partial charge in [0.25, 0.3) is 0 Å². The molecular weight excluding hydrogens is 262 g/mol. The van der Waals surface area contributed by atoms with E-state index in [-0.39, 0.29) is 0 Å². The van der Waals surface area contributed by atoms with Gasteiger partial charge in [-0.3, -0.25) is 0 Å². The van der Waals surface area contributed by atoms with Gasteiger partial charge < -0.3 is 15.1 Å². The molecule has 1 aliphatic rings. The third-order valence-electron chi connectivity index (χ3n) is 4.00. The number of aryl methyl sites for hydroxylation is 1. The van der Waals surface area contributed by atoms with Gasteiger partial charge in [-0.2, -0.15) is 4.98 Å². The molecule has 0 unspecified atom stereocenters. The zero-order valence-corrected chi connectivity index (χ0v) is 13.9. The normalized spacial score (nSPS) is 16.5. The number of nitrogens with one attached hydrogen (secondary N) is 1. The topological polar surface area (TPSA) is 44.3 Å². The lowest BCUT2D eigenvalue weighted by Gasteiger charge is -2.30. The summed E-state index contributed by atoms with van der Waals surface area (Å²) in [5, 5.41) is 3.42. The smallest absolute Gasteiger partial charge is 0.227 e. The van der Waals surface area contributed by atoms with Gasteiger partial charge in [0.2, 0.25) is 5.95 Å². The minimum Gasteiger partial charge on any atom is -0.370 e. The van der Waals surface area contributed by atoms with Gasteiger partial charge in [0.05, 0.1) is 0 Å². The first-order valence-corrected chi connectivity index (χ1v) is 8.04. The molecular formula is C16H29N5. The molecule has 0 aromatic carbocycles. The summed E-state index contributed by atoms with van der Waals surface area (Å²) in [5.41, 5.74) is 1.04. The fourth-order valence-corrected chi connectivity index (χ4v) is 2.61. The van der Waals surface area contributed by atoms with Crippen LogP contribution in [0, 0.1) is 12.8 Å². The number of anilines is 2. The average molecular weight is 291 g/mol. The summed E-state index contributed by atoms with van der Waals surface area (Å²) in [6.45, 7) is 8.56. The molecule has 0 aliphatic carbocycles. The Kier molecular flexibility index (Phi) is 5.79. The van der Waals surface area contributed by atoms with Gasteiger partial charge in [-0.25, -0.2) is 4.98 Å². The average Bonchev–Trinajstić information content (AvgIpc) is 2.43. The van der Waals surface area contributed by atoms with Gasteiger partial charge in [-0.05, 0) is 52.7 Å². The van der Waals surface area contributed by atoms with Crippen LogP contribution < -0.4 is 10.2 Å². The highest BCUT2D eigenvalue weighted by Gasteiger charge is 2.18. The number of piperidine rings is 1. The molecule has 2 heterocycles. The third-order valence-corrected chi connectivity index (χ3v) is 4.00. The van der Waals surface area contributed by atoms with Crippen molar-refractivity contribution < 1.29 is 0 Å². The summed E-state index contributed by atoms with van der Waals surface area (Å²) in [4.78, 5) is 13.8. The molecule has 21 heavy (non-hydrogen) atoms. The minimum atomic E-state index is 0.828. The van der Waals surface area contributed by atoms with Crippen LogP contribution in [0.25, 0.3) is 0 Å². The van der Waals surface area contributed by atoms with E-state index in [1.165, 1.54) is 12.8 Å². The first-order chi connectivity index (χ1) is 10.0. The highest BCUT2D eigenvalue weighted by atomic mass is 15.3. The molecule has 1 aromatic rings. The largest absolute Gasteiger partial charge is 0.370 e. The molecule has 0 saturated carbocycles. The maximum absolute atomic E-state index is 4.69. The van der Waals surface area contributed by atoms with Crippen LogP contribution in [-0.4, -0.2) is 55.1 Å². The SMILES string of the molecule is Cc1cc(NCCCN(C)C)nc(N2CCC(C)CC2)n1. The van der Waals surface area contributed by atoms with Gasteiger partial charge >= 0.3 is 0 Å². The van der Waals surface area contributed by atoms with Crippen LogP contribution in [0.2, 0.25) is 0 Å². The van der Waals surface area contributed by atoms with E-state index in [0.717, 1.165) is 56.0 Å². The lowest BCUT2D eigenvalue weighted by Crippen LogP contribution is -2.34. The summed E-state index contributed by atoms with van der Waals surface area (Å²) >= 11 is 0. The predicted molar refractivity (Wildman–Crippen MR) is 89.0 cm³/mol. The number of hydrogen-bond donors (Lipinski definition) is 1. The Morgan fingerprint density at radius 3 is 2.67 bits per heavy atom. The minimum absolute atomic E-state index is 0.828. The van der Waals surface area contributed by atoms with Crippen molar-refractivity contribution in [2.24, 2.45) is 5.92 Å². The van der Waals surface area contributed by atoms with Crippen molar-refractivity contribution in [3.63, 3.8) is 0 Å². The second kappa shape index (κ2) is 7.59. The molecule has 5 nitrogen and oxygen atoms in total. The van der Waals surface area contributed by atoms with Crippen LogP contribution in [0.15, 0.2) is 6.07 Å². The van der Waals surface area contributed by atoms with E-state index in [0.29, 0.717) is 0 Å². The second-order valence-electron chi connectivity index (χ2n) is 6.45. The molecule has 0 radical (unpaired) electrons.